The minimum absolute atomic E-state index is 0.0470. The zero-order valence-electron chi connectivity index (χ0n) is 15.1. The van der Waals surface area contributed by atoms with E-state index in [1.807, 2.05) is 11.8 Å². The van der Waals surface area contributed by atoms with Crippen LogP contribution in [0.15, 0.2) is 40.3 Å². The van der Waals surface area contributed by atoms with Gasteiger partial charge >= 0.3 is 0 Å². The van der Waals surface area contributed by atoms with Crippen molar-refractivity contribution in [3.05, 3.63) is 36.0 Å². The Labute approximate surface area is 158 Å². The molecule has 8 nitrogen and oxygen atoms in total. The maximum atomic E-state index is 12.8. The minimum Gasteiger partial charge on any atom is -0.382 e. The topological polar surface area (TPSA) is 108 Å². The summed E-state index contributed by atoms with van der Waals surface area (Å²) in [4.78, 5) is 10.6. The Bertz CT molecular complexity index is 930. The summed E-state index contributed by atoms with van der Waals surface area (Å²) >= 11 is 0. The van der Waals surface area contributed by atoms with Crippen LogP contribution in [0.2, 0.25) is 0 Å². The first-order valence-electron chi connectivity index (χ1n) is 8.87. The quantitative estimate of drug-likeness (QED) is 0.841. The molecule has 2 aliphatic heterocycles. The normalized spacial score (nSPS) is 19.5. The lowest BCUT2D eigenvalue weighted by Gasteiger charge is -2.37. The molecular formula is C18H22N4O4S. The highest BCUT2D eigenvalue weighted by Gasteiger charge is 2.40. The Balaban J connectivity index is 1.55. The van der Waals surface area contributed by atoms with Crippen LogP contribution < -0.4 is 10.6 Å². The van der Waals surface area contributed by atoms with Crippen molar-refractivity contribution >= 4 is 21.6 Å². The molecule has 2 aromatic rings. The fraction of sp³-hybridized carbons (Fsp3) is 0.444. The number of rotatable bonds is 3. The van der Waals surface area contributed by atoms with Gasteiger partial charge in [-0.3, -0.25) is 0 Å². The van der Waals surface area contributed by atoms with Gasteiger partial charge in [0, 0.05) is 25.9 Å². The molecule has 0 bridgehead atoms. The molecule has 0 unspecified atom stereocenters. The second kappa shape index (κ2) is 6.74. The fourth-order valence-electron chi connectivity index (χ4n) is 3.41. The van der Waals surface area contributed by atoms with Gasteiger partial charge in [0.2, 0.25) is 15.8 Å². The number of nitrogen functional groups attached to an aromatic ring is 1. The van der Waals surface area contributed by atoms with Crippen LogP contribution in [0.5, 0.6) is 0 Å². The number of nitrogens with zero attached hydrogens (tertiary/aromatic N) is 3. The van der Waals surface area contributed by atoms with Gasteiger partial charge in [-0.15, -0.1) is 0 Å². The van der Waals surface area contributed by atoms with Crippen LogP contribution in [-0.2, 0) is 19.3 Å². The van der Waals surface area contributed by atoms with Crippen LogP contribution in [0.25, 0.3) is 0 Å². The predicted molar refractivity (Wildman–Crippen MR) is 99.2 cm³/mol. The zero-order valence-corrected chi connectivity index (χ0v) is 15.9. The molecule has 2 N–H and O–H groups in total. The first-order chi connectivity index (χ1) is 12.9. The lowest BCUT2D eigenvalue weighted by Crippen LogP contribution is -2.45. The average Bonchev–Trinajstić information content (AvgIpc) is 3.10. The SMILES string of the molecule is Cc1ccc(S(=O)(=O)c2cnc(N3CCC4(CC3)OCCO4)nc2N)cc1. The first-order valence-corrected chi connectivity index (χ1v) is 10.4. The minimum atomic E-state index is -3.76. The fourth-order valence-corrected chi connectivity index (χ4v) is 4.67. The molecule has 1 spiro atoms. The van der Waals surface area contributed by atoms with Gasteiger partial charge in [0.1, 0.15) is 10.7 Å². The number of benzene rings is 1. The molecule has 144 valence electrons. The van der Waals surface area contributed by atoms with Gasteiger partial charge in [-0.2, -0.15) is 4.98 Å². The highest BCUT2D eigenvalue weighted by Crippen LogP contribution is 2.33. The summed E-state index contributed by atoms with van der Waals surface area (Å²) in [6, 6.07) is 6.61. The number of hydrogen-bond donors (Lipinski definition) is 1. The summed E-state index contributed by atoms with van der Waals surface area (Å²) < 4.78 is 37.1. The van der Waals surface area contributed by atoms with E-state index in [1.165, 1.54) is 6.20 Å². The molecule has 2 aliphatic rings. The first kappa shape index (κ1) is 18.1. The van der Waals surface area contributed by atoms with Crippen molar-refractivity contribution in [2.24, 2.45) is 0 Å². The van der Waals surface area contributed by atoms with E-state index in [1.54, 1.807) is 24.3 Å². The molecule has 0 amide bonds. The number of piperidine rings is 1. The maximum absolute atomic E-state index is 12.8. The van der Waals surface area contributed by atoms with Crippen LogP contribution in [-0.4, -0.2) is 50.5 Å². The van der Waals surface area contributed by atoms with Crippen molar-refractivity contribution in [3.8, 4) is 0 Å². The van der Waals surface area contributed by atoms with Crippen molar-refractivity contribution < 1.29 is 17.9 Å². The van der Waals surface area contributed by atoms with Crippen molar-refractivity contribution in [2.75, 3.05) is 36.9 Å². The van der Waals surface area contributed by atoms with Crippen molar-refractivity contribution in [2.45, 2.75) is 35.3 Å². The van der Waals surface area contributed by atoms with Gasteiger partial charge in [-0.1, -0.05) is 17.7 Å². The molecular weight excluding hydrogens is 368 g/mol. The van der Waals surface area contributed by atoms with Gasteiger partial charge in [-0.05, 0) is 19.1 Å². The number of nitrogens with two attached hydrogens (primary N) is 1. The molecule has 3 heterocycles. The van der Waals surface area contributed by atoms with E-state index in [9.17, 15) is 8.42 Å². The molecule has 1 aromatic carbocycles. The summed E-state index contributed by atoms with van der Waals surface area (Å²) in [6.45, 7) is 4.45. The Kier molecular flexibility index (Phi) is 4.53. The summed E-state index contributed by atoms with van der Waals surface area (Å²) in [5.74, 6) is -0.117. The Hall–Kier alpha value is -2.23. The summed E-state index contributed by atoms with van der Waals surface area (Å²) in [5.41, 5.74) is 6.97. The monoisotopic (exact) mass is 390 g/mol. The number of aromatic nitrogens is 2. The number of aryl methyl sites for hydroxylation is 1. The van der Waals surface area contributed by atoms with Gasteiger partial charge < -0.3 is 20.1 Å². The van der Waals surface area contributed by atoms with E-state index in [-0.39, 0.29) is 15.6 Å². The standard InChI is InChI=1S/C18H22N4O4S/c1-13-2-4-14(5-3-13)27(23,24)15-12-20-17(21-16(15)19)22-8-6-18(7-9-22)25-10-11-26-18/h2-5,12H,6-11H2,1H3,(H2,19,20,21). The molecule has 2 fully saturated rings. The van der Waals surface area contributed by atoms with Crippen LogP contribution >= 0.6 is 0 Å². The van der Waals surface area contributed by atoms with Crippen LogP contribution in [0.1, 0.15) is 18.4 Å². The van der Waals surface area contributed by atoms with E-state index in [0.29, 0.717) is 45.1 Å². The van der Waals surface area contributed by atoms with Crippen LogP contribution in [0.4, 0.5) is 11.8 Å². The number of anilines is 2. The largest absolute Gasteiger partial charge is 0.382 e. The molecule has 2 saturated heterocycles. The lowest BCUT2D eigenvalue weighted by molar-refractivity contribution is -0.169. The summed E-state index contributed by atoms with van der Waals surface area (Å²) in [5, 5.41) is 0. The van der Waals surface area contributed by atoms with Gasteiger partial charge in [0.05, 0.1) is 24.3 Å². The third kappa shape index (κ3) is 3.38. The molecule has 1 aromatic heterocycles. The highest BCUT2D eigenvalue weighted by atomic mass is 32.2. The highest BCUT2D eigenvalue weighted by molar-refractivity contribution is 7.91. The molecule has 4 rings (SSSR count). The lowest BCUT2D eigenvalue weighted by atomic mass is 10.0. The number of hydrogen-bond acceptors (Lipinski definition) is 8. The summed E-state index contributed by atoms with van der Waals surface area (Å²) in [7, 11) is -3.76. The van der Waals surface area contributed by atoms with Gasteiger partial charge in [0.15, 0.2) is 5.79 Å². The van der Waals surface area contributed by atoms with E-state index in [4.69, 9.17) is 15.2 Å². The molecule has 0 radical (unpaired) electrons. The third-order valence-corrected chi connectivity index (χ3v) is 6.80. The van der Waals surface area contributed by atoms with Crippen molar-refractivity contribution in [1.82, 2.24) is 9.97 Å². The second-order valence-corrected chi connectivity index (χ2v) is 8.75. The second-order valence-electron chi connectivity index (χ2n) is 6.83. The molecule has 27 heavy (non-hydrogen) atoms. The Morgan fingerprint density at radius 3 is 2.33 bits per heavy atom. The zero-order chi connectivity index (χ0) is 19.1. The molecule has 9 heteroatoms. The average molecular weight is 390 g/mol. The maximum Gasteiger partial charge on any atom is 0.227 e. The Morgan fingerprint density at radius 1 is 1.11 bits per heavy atom. The van der Waals surface area contributed by atoms with Crippen LogP contribution in [0.3, 0.4) is 0 Å². The van der Waals surface area contributed by atoms with Gasteiger partial charge in [-0.25, -0.2) is 13.4 Å². The molecule has 0 saturated carbocycles. The van der Waals surface area contributed by atoms with E-state index < -0.39 is 15.6 Å². The van der Waals surface area contributed by atoms with E-state index >= 15 is 0 Å². The van der Waals surface area contributed by atoms with Crippen LogP contribution in [0, 0.1) is 6.92 Å². The van der Waals surface area contributed by atoms with Gasteiger partial charge in [0.25, 0.3) is 0 Å². The van der Waals surface area contributed by atoms with Crippen molar-refractivity contribution in [1.29, 1.82) is 0 Å². The smallest absolute Gasteiger partial charge is 0.227 e. The summed E-state index contributed by atoms with van der Waals surface area (Å²) in [6.07, 6.45) is 2.71. The Morgan fingerprint density at radius 2 is 1.74 bits per heavy atom. The third-order valence-electron chi connectivity index (χ3n) is 5.01. The molecule has 0 aliphatic carbocycles. The van der Waals surface area contributed by atoms with E-state index in [2.05, 4.69) is 9.97 Å². The number of sulfone groups is 1. The van der Waals surface area contributed by atoms with E-state index in [0.717, 1.165) is 5.56 Å². The molecule has 0 atom stereocenters. The number of ether oxygens (including phenoxy) is 2. The van der Waals surface area contributed by atoms with Crippen molar-refractivity contribution in [3.63, 3.8) is 0 Å². The predicted octanol–water partition coefficient (Wildman–Crippen LogP) is 1.54.